The number of likely N-dealkylation sites (tertiary alicyclic amines) is 1. The molecule has 2 aromatic rings. The van der Waals surface area contributed by atoms with Crippen molar-refractivity contribution in [3.05, 3.63) is 59.7 Å². The van der Waals surface area contributed by atoms with Crippen LogP contribution in [-0.4, -0.2) is 52.7 Å². The van der Waals surface area contributed by atoms with Crippen LogP contribution in [0.1, 0.15) is 64.0 Å². The minimum atomic E-state index is -1.05. The van der Waals surface area contributed by atoms with Crippen molar-refractivity contribution in [1.82, 2.24) is 10.2 Å². The summed E-state index contributed by atoms with van der Waals surface area (Å²) in [4.78, 5) is 39.6. The molecule has 35 heavy (non-hydrogen) atoms. The van der Waals surface area contributed by atoms with Crippen LogP contribution >= 0.6 is 0 Å². The van der Waals surface area contributed by atoms with Crippen molar-refractivity contribution in [1.29, 1.82) is 0 Å². The Balaban J connectivity index is 1.45. The van der Waals surface area contributed by atoms with Gasteiger partial charge >= 0.3 is 12.1 Å². The van der Waals surface area contributed by atoms with E-state index < -0.39 is 29.1 Å². The minimum absolute atomic E-state index is 0.0596. The molecule has 0 saturated carbocycles. The molecule has 7 nitrogen and oxygen atoms in total. The molecule has 0 unspecified atom stereocenters. The third-order valence-electron chi connectivity index (χ3n) is 7.90. The Bertz CT molecular complexity index is 1090. The number of benzene rings is 2. The second-order valence-corrected chi connectivity index (χ2v) is 10.5. The summed E-state index contributed by atoms with van der Waals surface area (Å²) in [6.07, 6.45) is 1.39. The molecule has 1 fully saturated rings. The summed E-state index contributed by atoms with van der Waals surface area (Å²) in [6.45, 7) is 7.61. The van der Waals surface area contributed by atoms with Gasteiger partial charge in [-0.15, -0.1) is 0 Å². The molecule has 1 heterocycles. The van der Waals surface area contributed by atoms with Gasteiger partial charge in [-0.05, 0) is 69.2 Å². The first-order chi connectivity index (χ1) is 16.5. The molecule has 1 aliphatic heterocycles. The fourth-order valence-electron chi connectivity index (χ4n) is 5.10. The maximum Gasteiger partial charge on any atom is 0.407 e. The first-order valence-corrected chi connectivity index (χ1v) is 12.2. The Labute approximate surface area is 206 Å². The van der Waals surface area contributed by atoms with Crippen molar-refractivity contribution in [2.24, 2.45) is 5.41 Å². The van der Waals surface area contributed by atoms with E-state index in [1.165, 1.54) is 4.90 Å². The summed E-state index contributed by atoms with van der Waals surface area (Å²) in [7, 11) is 0. The molecule has 2 N–H and O–H groups in total. The lowest BCUT2D eigenvalue weighted by Crippen LogP contribution is -2.62. The fourth-order valence-corrected chi connectivity index (χ4v) is 5.10. The van der Waals surface area contributed by atoms with E-state index in [1.807, 2.05) is 24.3 Å². The highest BCUT2D eigenvalue weighted by Gasteiger charge is 2.49. The number of rotatable bonds is 6. The van der Waals surface area contributed by atoms with E-state index in [9.17, 15) is 19.5 Å². The molecule has 7 heteroatoms. The monoisotopic (exact) mass is 478 g/mol. The standard InChI is InChI=1S/C28H34N2O5/c1-27(2,25(33)30-16-10-9-15-23(30)24(31)32)28(3,4)29-26(34)35-17-22-20-13-7-5-11-18(20)19-12-6-8-14-21(19)22/h5-8,11-14,22-23H,9-10,15-17H2,1-4H3,(H,29,34)(H,31,32)/t23-/m1/s1. The number of hydrogen-bond donors (Lipinski definition) is 2. The zero-order valence-corrected chi connectivity index (χ0v) is 20.8. The summed E-state index contributed by atoms with van der Waals surface area (Å²) >= 11 is 0. The number of amides is 2. The number of hydrogen-bond acceptors (Lipinski definition) is 4. The van der Waals surface area contributed by atoms with Crippen LogP contribution in [0.3, 0.4) is 0 Å². The molecule has 186 valence electrons. The number of aliphatic carboxylic acids is 1. The Morgan fingerprint density at radius 3 is 2.11 bits per heavy atom. The van der Waals surface area contributed by atoms with E-state index in [4.69, 9.17) is 4.74 Å². The lowest BCUT2D eigenvalue weighted by molar-refractivity contribution is -0.158. The number of fused-ring (bicyclic) bond motifs is 3. The highest BCUT2D eigenvalue weighted by molar-refractivity contribution is 5.89. The predicted octanol–water partition coefficient (Wildman–Crippen LogP) is 4.80. The summed E-state index contributed by atoms with van der Waals surface area (Å²) < 4.78 is 5.69. The number of alkyl carbamates (subject to hydrolysis) is 1. The van der Waals surface area contributed by atoms with E-state index in [0.29, 0.717) is 13.0 Å². The van der Waals surface area contributed by atoms with Gasteiger partial charge in [0.2, 0.25) is 5.91 Å². The average molecular weight is 479 g/mol. The Hall–Kier alpha value is -3.35. The Kier molecular flexibility index (Phi) is 6.62. The van der Waals surface area contributed by atoms with Gasteiger partial charge in [-0.3, -0.25) is 4.79 Å². The molecule has 1 aliphatic carbocycles. The SMILES string of the molecule is CC(C)(NC(=O)OCC1c2ccccc2-c2ccccc21)C(C)(C)C(=O)N1CCCC[C@@H]1C(=O)O. The molecule has 0 bridgehead atoms. The van der Waals surface area contributed by atoms with Gasteiger partial charge in [0.25, 0.3) is 0 Å². The lowest BCUT2D eigenvalue weighted by atomic mass is 9.73. The van der Waals surface area contributed by atoms with Crippen LogP contribution in [0, 0.1) is 5.41 Å². The number of carbonyl (C=O) groups excluding carboxylic acids is 2. The number of carbonyl (C=O) groups is 3. The van der Waals surface area contributed by atoms with Gasteiger partial charge in [0.15, 0.2) is 0 Å². The second kappa shape index (κ2) is 9.36. The van der Waals surface area contributed by atoms with Gasteiger partial charge in [-0.1, -0.05) is 48.5 Å². The second-order valence-electron chi connectivity index (χ2n) is 10.5. The van der Waals surface area contributed by atoms with Gasteiger partial charge in [0, 0.05) is 12.5 Å². The van der Waals surface area contributed by atoms with Gasteiger partial charge in [0.1, 0.15) is 12.6 Å². The zero-order chi connectivity index (χ0) is 25.4. The lowest BCUT2D eigenvalue weighted by Gasteiger charge is -2.45. The van der Waals surface area contributed by atoms with E-state index in [-0.39, 0.29) is 18.4 Å². The van der Waals surface area contributed by atoms with Crippen LogP contribution < -0.4 is 5.32 Å². The highest BCUT2D eigenvalue weighted by Crippen LogP contribution is 2.44. The minimum Gasteiger partial charge on any atom is -0.480 e. The molecular formula is C28H34N2O5. The van der Waals surface area contributed by atoms with Gasteiger partial charge in [-0.2, -0.15) is 0 Å². The molecule has 0 aromatic heterocycles. The van der Waals surface area contributed by atoms with E-state index in [2.05, 4.69) is 29.6 Å². The van der Waals surface area contributed by atoms with Crippen molar-refractivity contribution in [3.63, 3.8) is 0 Å². The van der Waals surface area contributed by atoms with Crippen molar-refractivity contribution >= 4 is 18.0 Å². The van der Waals surface area contributed by atoms with E-state index in [0.717, 1.165) is 35.1 Å². The molecule has 0 spiro atoms. The number of ether oxygens (including phenoxy) is 1. The number of carboxylic acid groups (broad SMARTS) is 1. The van der Waals surface area contributed by atoms with Crippen molar-refractivity contribution in [2.45, 2.75) is 64.5 Å². The van der Waals surface area contributed by atoms with Crippen molar-refractivity contribution < 1.29 is 24.2 Å². The first-order valence-electron chi connectivity index (χ1n) is 12.2. The van der Waals surface area contributed by atoms with E-state index in [1.54, 1.807) is 27.7 Å². The van der Waals surface area contributed by atoms with Crippen LogP contribution in [0.2, 0.25) is 0 Å². The third-order valence-corrected chi connectivity index (χ3v) is 7.90. The summed E-state index contributed by atoms with van der Waals surface area (Å²) in [5.41, 5.74) is 2.52. The smallest absolute Gasteiger partial charge is 0.407 e. The zero-order valence-electron chi connectivity index (χ0n) is 20.8. The van der Waals surface area contributed by atoms with Gasteiger partial charge in [0.05, 0.1) is 11.0 Å². The Morgan fingerprint density at radius 2 is 1.54 bits per heavy atom. The average Bonchev–Trinajstić information content (AvgIpc) is 3.15. The Morgan fingerprint density at radius 1 is 0.971 bits per heavy atom. The number of carboxylic acids is 1. The molecule has 4 rings (SSSR count). The van der Waals surface area contributed by atoms with E-state index >= 15 is 0 Å². The molecular weight excluding hydrogens is 444 g/mol. The first kappa shape index (κ1) is 24.8. The molecule has 2 amide bonds. The number of nitrogens with zero attached hydrogens (tertiary/aromatic N) is 1. The van der Waals surface area contributed by atoms with Crippen LogP contribution in [0.4, 0.5) is 4.79 Å². The highest BCUT2D eigenvalue weighted by atomic mass is 16.5. The van der Waals surface area contributed by atoms with Crippen LogP contribution in [-0.2, 0) is 14.3 Å². The van der Waals surface area contributed by atoms with Crippen molar-refractivity contribution in [2.75, 3.05) is 13.2 Å². The number of nitrogens with one attached hydrogen (secondary N) is 1. The van der Waals surface area contributed by atoms with Gasteiger partial charge in [-0.25, -0.2) is 9.59 Å². The van der Waals surface area contributed by atoms with Crippen LogP contribution in [0.5, 0.6) is 0 Å². The summed E-state index contributed by atoms with van der Waals surface area (Å²) in [6, 6.07) is 15.4. The molecule has 2 aromatic carbocycles. The molecule has 1 saturated heterocycles. The largest absolute Gasteiger partial charge is 0.480 e. The maximum atomic E-state index is 13.5. The van der Waals surface area contributed by atoms with Crippen LogP contribution in [0.15, 0.2) is 48.5 Å². The number of piperidine rings is 1. The quantitative estimate of drug-likeness (QED) is 0.622. The molecule has 1 atom stereocenters. The third kappa shape index (κ3) is 4.51. The molecule has 2 aliphatic rings. The summed E-state index contributed by atoms with van der Waals surface area (Å²) in [5.74, 6) is -1.33. The topological polar surface area (TPSA) is 95.9 Å². The van der Waals surface area contributed by atoms with Gasteiger partial charge < -0.3 is 20.1 Å². The summed E-state index contributed by atoms with van der Waals surface area (Å²) in [5, 5.41) is 12.5. The predicted molar refractivity (Wildman–Crippen MR) is 133 cm³/mol. The molecule has 0 radical (unpaired) electrons. The normalized spacial score (nSPS) is 17.9. The van der Waals surface area contributed by atoms with Crippen LogP contribution in [0.25, 0.3) is 11.1 Å². The van der Waals surface area contributed by atoms with Crippen molar-refractivity contribution in [3.8, 4) is 11.1 Å². The maximum absolute atomic E-state index is 13.5. The fraction of sp³-hybridized carbons (Fsp3) is 0.464.